The van der Waals surface area contributed by atoms with Crippen molar-refractivity contribution in [3.05, 3.63) is 24.0 Å². The number of anilines is 1. The van der Waals surface area contributed by atoms with E-state index in [0.717, 1.165) is 31.8 Å². The van der Waals surface area contributed by atoms with Gasteiger partial charge in [-0.2, -0.15) is 0 Å². The molecule has 2 N–H and O–H groups in total. The Labute approximate surface area is 115 Å². The Morgan fingerprint density at radius 2 is 2.21 bits per heavy atom. The average molecular weight is 261 g/mol. The number of nitrogen functional groups attached to an aromatic ring is 1. The lowest BCUT2D eigenvalue weighted by Crippen LogP contribution is -2.32. The standard InChI is InChI=1S/C15H23N3O/c1-11(2)12-4-3-8-18(9-6-12)15(19)13-5-7-17-10-14(13)16/h5,7,10-12H,3-4,6,8-9,16H2,1-2H3. The first-order valence-electron chi connectivity index (χ1n) is 7.08. The van der Waals surface area contributed by atoms with Crippen molar-refractivity contribution in [1.29, 1.82) is 0 Å². The lowest BCUT2D eigenvalue weighted by Gasteiger charge is -2.22. The Hall–Kier alpha value is -1.58. The first-order chi connectivity index (χ1) is 9.09. The number of rotatable bonds is 2. The van der Waals surface area contributed by atoms with Crippen LogP contribution in [0.25, 0.3) is 0 Å². The van der Waals surface area contributed by atoms with Crippen LogP contribution in [0.15, 0.2) is 18.5 Å². The molecule has 0 radical (unpaired) electrons. The van der Waals surface area contributed by atoms with Gasteiger partial charge in [0.2, 0.25) is 0 Å². The molecule has 1 aliphatic heterocycles. The maximum absolute atomic E-state index is 12.5. The molecule has 1 aliphatic rings. The van der Waals surface area contributed by atoms with Crippen LogP contribution in [0.5, 0.6) is 0 Å². The number of amides is 1. The second kappa shape index (κ2) is 6.04. The third kappa shape index (κ3) is 3.25. The molecule has 1 saturated heterocycles. The minimum Gasteiger partial charge on any atom is -0.397 e. The number of nitrogens with two attached hydrogens (primary N) is 1. The summed E-state index contributed by atoms with van der Waals surface area (Å²) < 4.78 is 0. The predicted octanol–water partition coefficient (Wildman–Crippen LogP) is 2.56. The summed E-state index contributed by atoms with van der Waals surface area (Å²) in [7, 11) is 0. The third-order valence-corrected chi connectivity index (χ3v) is 4.09. The van der Waals surface area contributed by atoms with E-state index in [1.807, 2.05) is 4.90 Å². The zero-order valence-electron chi connectivity index (χ0n) is 11.8. The van der Waals surface area contributed by atoms with Gasteiger partial charge in [0.1, 0.15) is 0 Å². The van der Waals surface area contributed by atoms with E-state index in [0.29, 0.717) is 17.2 Å². The van der Waals surface area contributed by atoms with Crippen LogP contribution in [0, 0.1) is 11.8 Å². The molecule has 4 nitrogen and oxygen atoms in total. The highest BCUT2D eigenvalue weighted by Gasteiger charge is 2.23. The fraction of sp³-hybridized carbons (Fsp3) is 0.600. The molecule has 1 atom stereocenters. The third-order valence-electron chi connectivity index (χ3n) is 4.09. The van der Waals surface area contributed by atoms with Gasteiger partial charge in [-0.15, -0.1) is 0 Å². The van der Waals surface area contributed by atoms with E-state index in [9.17, 15) is 4.79 Å². The van der Waals surface area contributed by atoms with Crippen LogP contribution in [-0.2, 0) is 0 Å². The summed E-state index contributed by atoms with van der Waals surface area (Å²) in [6, 6.07) is 1.71. The summed E-state index contributed by atoms with van der Waals surface area (Å²) in [6.07, 6.45) is 6.56. The minimum atomic E-state index is 0.0457. The molecule has 0 aliphatic carbocycles. The molecule has 0 saturated carbocycles. The van der Waals surface area contributed by atoms with Crippen LogP contribution in [0.3, 0.4) is 0 Å². The van der Waals surface area contributed by atoms with Crippen molar-refractivity contribution in [3.63, 3.8) is 0 Å². The van der Waals surface area contributed by atoms with E-state index in [4.69, 9.17) is 5.73 Å². The van der Waals surface area contributed by atoms with Gasteiger partial charge in [-0.3, -0.25) is 9.78 Å². The highest BCUT2D eigenvalue weighted by molar-refractivity contribution is 5.98. The zero-order chi connectivity index (χ0) is 13.8. The van der Waals surface area contributed by atoms with Crippen molar-refractivity contribution in [2.75, 3.05) is 18.8 Å². The van der Waals surface area contributed by atoms with Gasteiger partial charge >= 0.3 is 0 Å². The summed E-state index contributed by atoms with van der Waals surface area (Å²) in [4.78, 5) is 18.3. The fourth-order valence-corrected chi connectivity index (χ4v) is 2.76. The van der Waals surface area contributed by atoms with Gasteiger partial charge in [-0.1, -0.05) is 13.8 Å². The van der Waals surface area contributed by atoms with E-state index >= 15 is 0 Å². The van der Waals surface area contributed by atoms with Crippen molar-refractivity contribution in [3.8, 4) is 0 Å². The SMILES string of the molecule is CC(C)C1CCCN(C(=O)c2ccncc2N)CC1. The lowest BCUT2D eigenvalue weighted by atomic mass is 9.89. The second-order valence-corrected chi connectivity index (χ2v) is 5.69. The maximum atomic E-state index is 12.5. The summed E-state index contributed by atoms with van der Waals surface area (Å²) in [5, 5.41) is 0. The fourth-order valence-electron chi connectivity index (χ4n) is 2.76. The normalized spacial score (nSPS) is 20.4. The van der Waals surface area contributed by atoms with Crippen LogP contribution in [-0.4, -0.2) is 28.9 Å². The van der Waals surface area contributed by atoms with Crippen molar-refractivity contribution in [2.45, 2.75) is 33.1 Å². The number of carbonyl (C=O) groups is 1. The van der Waals surface area contributed by atoms with E-state index in [2.05, 4.69) is 18.8 Å². The second-order valence-electron chi connectivity index (χ2n) is 5.69. The summed E-state index contributed by atoms with van der Waals surface area (Å²) >= 11 is 0. The summed E-state index contributed by atoms with van der Waals surface area (Å²) in [5.41, 5.74) is 6.88. The number of pyridine rings is 1. The van der Waals surface area contributed by atoms with Gasteiger partial charge in [-0.25, -0.2) is 0 Å². The molecule has 2 heterocycles. The Morgan fingerprint density at radius 1 is 1.42 bits per heavy atom. The quantitative estimate of drug-likeness (QED) is 0.890. The van der Waals surface area contributed by atoms with Crippen molar-refractivity contribution in [2.24, 2.45) is 11.8 Å². The van der Waals surface area contributed by atoms with Crippen molar-refractivity contribution < 1.29 is 4.79 Å². The van der Waals surface area contributed by atoms with Gasteiger partial charge in [-0.05, 0) is 37.2 Å². The van der Waals surface area contributed by atoms with Crippen molar-refractivity contribution >= 4 is 11.6 Å². The smallest absolute Gasteiger partial charge is 0.256 e. The molecule has 104 valence electrons. The van der Waals surface area contributed by atoms with Crippen LogP contribution in [0.4, 0.5) is 5.69 Å². The predicted molar refractivity (Wildman–Crippen MR) is 76.7 cm³/mol. The molecule has 1 unspecified atom stereocenters. The molecule has 2 rings (SSSR count). The Balaban J connectivity index is 2.06. The molecule has 1 aromatic rings. The highest BCUT2D eigenvalue weighted by atomic mass is 16.2. The molecular formula is C15H23N3O. The molecule has 4 heteroatoms. The van der Waals surface area contributed by atoms with Gasteiger partial charge in [0, 0.05) is 19.3 Å². The minimum absolute atomic E-state index is 0.0457. The number of likely N-dealkylation sites (tertiary alicyclic amines) is 1. The molecule has 0 aromatic carbocycles. The lowest BCUT2D eigenvalue weighted by molar-refractivity contribution is 0.0760. The molecule has 1 amide bonds. The Kier molecular flexibility index (Phi) is 4.40. The molecule has 19 heavy (non-hydrogen) atoms. The van der Waals surface area contributed by atoms with Gasteiger partial charge in [0.15, 0.2) is 0 Å². The molecular weight excluding hydrogens is 238 g/mol. The topological polar surface area (TPSA) is 59.2 Å². The number of carbonyl (C=O) groups excluding carboxylic acids is 1. The summed E-state index contributed by atoms with van der Waals surface area (Å²) in [5.74, 6) is 1.47. The van der Waals surface area contributed by atoms with Gasteiger partial charge in [0.25, 0.3) is 5.91 Å². The van der Waals surface area contributed by atoms with Gasteiger partial charge in [0.05, 0.1) is 17.4 Å². The van der Waals surface area contributed by atoms with E-state index in [1.54, 1.807) is 18.5 Å². The van der Waals surface area contributed by atoms with E-state index in [1.165, 1.54) is 6.42 Å². The van der Waals surface area contributed by atoms with Crippen LogP contribution in [0.2, 0.25) is 0 Å². The summed E-state index contributed by atoms with van der Waals surface area (Å²) in [6.45, 7) is 6.21. The Morgan fingerprint density at radius 3 is 2.89 bits per heavy atom. The molecule has 1 aromatic heterocycles. The van der Waals surface area contributed by atoms with Crippen LogP contribution in [0.1, 0.15) is 43.5 Å². The molecule has 0 spiro atoms. The number of hydrogen-bond donors (Lipinski definition) is 1. The first-order valence-corrected chi connectivity index (χ1v) is 7.08. The number of nitrogens with zero attached hydrogens (tertiary/aromatic N) is 2. The molecule has 0 bridgehead atoms. The largest absolute Gasteiger partial charge is 0.397 e. The average Bonchev–Trinajstić information content (AvgIpc) is 2.64. The number of aromatic nitrogens is 1. The zero-order valence-corrected chi connectivity index (χ0v) is 11.8. The van der Waals surface area contributed by atoms with E-state index in [-0.39, 0.29) is 5.91 Å². The van der Waals surface area contributed by atoms with Crippen LogP contribution < -0.4 is 5.73 Å². The Bertz CT molecular complexity index is 445. The van der Waals surface area contributed by atoms with E-state index < -0.39 is 0 Å². The van der Waals surface area contributed by atoms with Crippen LogP contribution >= 0.6 is 0 Å². The molecule has 1 fully saturated rings. The first kappa shape index (κ1) is 13.8. The monoisotopic (exact) mass is 261 g/mol. The highest BCUT2D eigenvalue weighted by Crippen LogP contribution is 2.25. The van der Waals surface area contributed by atoms with Gasteiger partial charge < -0.3 is 10.6 Å². The van der Waals surface area contributed by atoms with Crippen molar-refractivity contribution in [1.82, 2.24) is 9.88 Å². The number of hydrogen-bond acceptors (Lipinski definition) is 3. The maximum Gasteiger partial charge on any atom is 0.256 e.